The maximum absolute atomic E-state index is 13.8. The zero-order chi connectivity index (χ0) is 13.8. The minimum Gasteiger partial charge on any atom is -0.293 e. The molecule has 0 N–H and O–H groups in total. The molecule has 5 heteroatoms. The minimum atomic E-state index is -0.797. The van der Waals surface area contributed by atoms with Crippen LogP contribution in [0.5, 0.6) is 0 Å². The fourth-order valence-electron chi connectivity index (χ4n) is 2.28. The number of thioether (sulfide) groups is 1. The Balaban J connectivity index is 2.01. The lowest BCUT2D eigenvalue weighted by Gasteiger charge is -2.20. The lowest BCUT2D eigenvalue weighted by molar-refractivity contribution is 0.101. The number of carbonyl (C=O) groups is 1. The number of ketones is 1. The molecule has 0 spiro atoms. The van der Waals surface area contributed by atoms with E-state index in [2.05, 4.69) is 15.9 Å². The number of halogens is 3. The van der Waals surface area contributed by atoms with E-state index in [1.165, 1.54) is 37.1 Å². The Morgan fingerprint density at radius 1 is 1.26 bits per heavy atom. The summed E-state index contributed by atoms with van der Waals surface area (Å²) < 4.78 is 27.4. The molecule has 1 saturated carbocycles. The second kappa shape index (κ2) is 6.84. The molecule has 0 saturated heterocycles. The summed E-state index contributed by atoms with van der Waals surface area (Å²) in [5.74, 6) is -1.90. The van der Waals surface area contributed by atoms with E-state index in [-0.39, 0.29) is 10.2 Å². The van der Waals surface area contributed by atoms with Crippen molar-refractivity contribution in [2.45, 2.75) is 37.4 Å². The van der Waals surface area contributed by atoms with E-state index in [1.54, 1.807) is 0 Å². The molecular weight excluding hydrogens is 334 g/mol. The fraction of sp³-hybridized carbons (Fsp3) is 0.500. The van der Waals surface area contributed by atoms with Gasteiger partial charge < -0.3 is 0 Å². The van der Waals surface area contributed by atoms with E-state index in [0.29, 0.717) is 5.25 Å². The van der Waals surface area contributed by atoms with Gasteiger partial charge >= 0.3 is 0 Å². The molecule has 104 valence electrons. The van der Waals surface area contributed by atoms with E-state index < -0.39 is 23.0 Å². The first-order chi connectivity index (χ1) is 9.09. The van der Waals surface area contributed by atoms with Gasteiger partial charge in [-0.1, -0.05) is 19.3 Å². The molecule has 1 aliphatic rings. The maximum Gasteiger partial charge on any atom is 0.178 e. The van der Waals surface area contributed by atoms with Crippen LogP contribution >= 0.6 is 27.7 Å². The lowest BCUT2D eigenvalue weighted by Crippen LogP contribution is -2.14. The lowest BCUT2D eigenvalue weighted by atomic mass is 10.0. The summed E-state index contributed by atoms with van der Waals surface area (Å²) >= 11 is 4.50. The van der Waals surface area contributed by atoms with Gasteiger partial charge in [-0.3, -0.25) is 4.79 Å². The molecule has 0 bridgehead atoms. The van der Waals surface area contributed by atoms with Gasteiger partial charge in [-0.15, -0.1) is 0 Å². The fourth-order valence-corrected chi connectivity index (χ4v) is 3.81. The molecule has 0 unspecified atom stereocenters. The number of Topliss-reactive ketones (excluding diaryl/α,β-unsaturated/α-hetero) is 1. The first-order valence-corrected chi connectivity index (χ1v) is 8.22. The standard InChI is InChI=1S/C14H15BrF2OS/c15-10-6-7-11(16)13(14(10)17)12(18)8-19-9-4-2-1-3-5-9/h6-7,9H,1-5,8H2. The van der Waals surface area contributed by atoms with Gasteiger partial charge in [0.1, 0.15) is 5.82 Å². The number of carbonyl (C=O) groups excluding carboxylic acids is 1. The van der Waals surface area contributed by atoms with Gasteiger partial charge in [0.25, 0.3) is 0 Å². The third kappa shape index (κ3) is 3.78. The van der Waals surface area contributed by atoms with Crippen LogP contribution in [0.15, 0.2) is 16.6 Å². The van der Waals surface area contributed by atoms with Crippen LogP contribution in [0.2, 0.25) is 0 Å². The molecule has 0 radical (unpaired) electrons. The smallest absolute Gasteiger partial charge is 0.178 e. The van der Waals surface area contributed by atoms with Gasteiger partial charge in [0, 0.05) is 5.25 Å². The summed E-state index contributed by atoms with van der Waals surface area (Å²) in [5.41, 5.74) is -0.419. The van der Waals surface area contributed by atoms with Crippen molar-refractivity contribution in [3.8, 4) is 0 Å². The molecule has 0 atom stereocenters. The van der Waals surface area contributed by atoms with E-state index in [9.17, 15) is 13.6 Å². The van der Waals surface area contributed by atoms with Crippen LogP contribution in [0.25, 0.3) is 0 Å². The third-order valence-corrected chi connectivity index (χ3v) is 5.31. The summed E-state index contributed by atoms with van der Waals surface area (Å²) in [6.45, 7) is 0. The molecule has 0 aliphatic heterocycles. The average Bonchev–Trinajstić information content (AvgIpc) is 2.42. The highest BCUT2D eigenvalue weighted by Crippen LogP contribution is 2.29. The van der Waals surface area contributed by atoms with E-state index in [1.807, 2.05) is 0 Å². The van der Waals surface area contributed by atoms with Crippen LogP contribution in [0.1, 0.15) is 42.5 Å². The van der Waals surface area contributed by atoms with Gasteiger partial charge in [0.05, 0.1) is 15.8 Å². The van der Waals surface area contributed by atoms with Crippen molar-refractivity contribution in [3.05, 3.63) is 33.8 Å². The third-order valence-electron chi connectivity index (χ3n) is 3.33. The maximum atomic E-state index is 13.8. The van der Waals surface area contributed by atoms with Crippen molar-refractivity contribution in [3.63, 3.8) is 0 Å². The van der Waals surface area contributed by atoms with Crippen molar-refractivity contribution in [1.29, 1.82) is 0 Å². The normalized spacial score (nSPS) is 16.6. The Morgan fingerprint density at radius 3 is 2.63 bits per heavy atom. The molecule has 2 rings (SSSR count). The second-order valence-electron chi connectivity index (χ2n) is 4.71. The van der Waals surface area contributed by atoms with E-state index >= 15 is 0 Å². The van der Waals surface area contributed by atoms with Crippen LogP contribution in [-0.2, 0) is 0 Å². The topological polar surface area (TPSA) is 17.1 Å². The highest BCUT2D eigenvalue weighted by molar-refractivity contribution is 9.10. The van der Waals surface area contributed by atoms with Gasteiger partial charge in [0.2, 0.25) is 0 Å². The Morgan fingerprint density at radius 2 is 1.95 bits per heavy atom. The highest BCUT2D eigenvalue weighted by atomic mass is 79.9. The van der Waals surface area contributed by atoms with Crippen molar-refractivity contribution < 1.29 is 13.6 Å². The zero-order valence-electron chi connectivity index (χ0n) is 10.4. The Labute approximate surface area is 124 Å². The predicted octanol–water partition coefficient (Wildman–Crippen LogP) is 4.98. The molecule has 1 nitrogen and oxygen atoms in total. The monoisotopic (exact) mass is 348 g/mol. The van der Waals surface area contributed by atoms with Gasteiger partial charge in [-0.05, 0) is 40.9 Å². The summed E-state index contributed by atoms with van der Waals surface area (Å²) in [7, 11) is 0. The van der Waals surface area contributed by atoms with Gasteiger partial charge in [-0.2, -0.15) is 11.8 Å². The first-order valence-electron chi connectivity index (χ1n) is 6.38. The summed E-state index contributed by atoms with van der Waals surface area (Å²) in [6, 6.07) is 2.39. The highest BCUT2D eigenvalue weighted by Gasteiger charge is 2.21. The van der Waals surface area contributed by atoms with Crippen molar-refractivity contribution >= 4 is 33.5 Å². The molecule has 1 aromatic carbocycles. The Kier molecular flexibility index (Phi) is 5.39. The van der Waals surface area contributed by atoms with Gasteiger partial charge in [0.15, 0.2) is 11.6 Å². The SMILES string of the molecule is O=C(CSC1CCCCC1)c1c(F)ccc(Br)c1F. The average molecular weight is 349 g/mol. The molecule has 19 heavy (non-hydrogen) atoms. The molecule has 0 heterocycles. The van der Waals surface area contributed by atoms with E-state index in [4.69, 9.17) is 0 Å². The molecule has 0 aromatic heterocycles. The number of hydrogen-bond acceptors (Lipinski definition) is 2. The number of rotatable bonds is 4. The molecule has 1 fully saturated rings. The molecule has 1 aliphatic carbocycles. The first kappa shape index (κ1) is 15.0. The largest absolute Gasteiger partial charge is 0.293 e. The van der Waals surface area contributed by atoms with Crippen molar-refractivity contribution in [1.82, 2.24) is 0 Å². The summed E-state index contributed by atoms with van der Waals surface area (Å²) in [5, 5.41) is 0.455. The molecular formula is C14H15BrF2OS. The second-order valence-corrected chi connectivity index (χ2v) is 6.86. The number of hydrogen-bond donors (Lipinski definition) is 0. The van der Waals surface area contributed by atoms with Crippen LogP contribution in [0.4, 0.5) is 8.78 Å². The Bertz CT molecular complexity index is 473. The predicted molar refractivity (Wildman–Crippen MR) is 77.7 cm³/mol. The molecule has 1 aromatic rings. The van der Waals surface area contributed by atoms with Crippen LogP contribution in [0, 0.1) is 11.6 Å². The van der Waals surface area contributed by atoms with Gasteiger partial charge in [-0.25, -0.2) is 8.78 Å². The quantitative estimate of drug-likeness (QED) is 0.564. The van der Waals surface area contributed by atoms with Crippen LogP contribution in [-0.4, -0.2) is 16.8 Å². The zero-order valence-corrected chi connectivity index (χ0v) is 12.8. The molecule has 0 amide bonds. The van der Waals surface area contributed by atoms with Crippen LogP contribution in [0.3, 0.4) is 0 Å². The van der Waals surface area contributed by atoms with Crippen molar-refractivity contribution in [2.24, 2.45) is 0 Å². The van der Waals surface area contributed by atoms with Crippen LogP contribution < -0.4 is 0 Å². The summed E-state index contributed by atoms with van der Waals surface area (Å²) in [6.07, 6.45) is 5.82. The summed E-state index contributed by atoms with van der Waals surface area (Å²) in [4.78, 5) is 12.0. The minimum absolute atomic E-state index is 0.125. The number of benzene rings is 1. The Hall–Kier alpha value is -0.420. The van der Waals surface area contributed by atoms with E-state index in [0.717, 1.165) is 18.9 Å². The van der Waals surface area contributed by atoms with Crippen molar-refractivity contribution in [2.75, 3.05) is 5.75 Å².